The minimum Gasteiger partial charge on any atom is -0.480 e. The standard InChI is InChI=1S/C9H18N2O2/c1-7-3-2-4-11(6-7)8(5-10)9(12)13/h7-8H,2-6,10H2,1H3,(H,12,13). The van der Waals surface area contributed by atoms with Gasteiger partial charge in [0.15, 0.2) is 0 Å². The van der Waals surface area contributed by atoms with Crippen LogP contribution in [-0.4, -0.2) is 41.7 Å². The maximum absolute atomic E-state index is 10.8. The van der Waals surface area contributed by atoms with E-state index in [4.69, 9.17) is 10.8 Å². The molecule has 0 bridgehead atoms. The third-order valence-corrected chi connectivity index (χ3v) is 2.64. The van der Waals surface area contributed by atoms with Crippen molar-refractivity contribution in [2.75, 3.05) is 19.6 Å². The van der Waals surface area contributed by atoms with Crippen LogP contribution < -0.4 is 5.73 Å². The van der Waals surface area contributed by atoms with Gasteiger partial charge in [-0.15, -0.1) is 0 Å². The lowest BCUT2D eigenvalue weighted by Gasteiger charge is -2.34. The van der Waals surface area contributed by atoms with Crippen LogP contribution in [0.25, 0.3) is 0 Å². The Labute approximate surface area is 78.7 Å². The van der Waals surface area contributed by atoms with Gasteiger partial charge in [0, 0.05) is 13.1 Å². The number of hydrogen-bond donors (Lipinski definition) is 2. The lowest BCUT2D eigenvalue weighted by Crippen LogP contribution is -2.49. The smallest absolute Gasteiger partial charge is 0.322 e. The molecule has 0 aromatic rings. The van der Waals surface area contributed by atoms with Crippen LogP contribution in [0.3, 0.4) is 0 Å². The van der Waals surface area contributed by atoms with Crippen LogP contribution in [0.4, 0.5) is 0 Å². The third-order valence-electron chi connectivity index (χ3n) is 2.64. The van der Waals surface area contributed by atoms with E-state index in [0.717, 1.165) is 19.5 Å². The van der Waals surface area contributed by atoms with Gasteiger partial charge >= 0.3 is 5.97 Å². The molecule has 1 rings (SSSR count). The number of carboxylic acids is 1. The molecule has 13 heavy (non-hydrogen) atoms. The van der Waals surface area contributed by atoms with Crippen molar-refractivity contribution in [3.63, 3.8) is 0 Å². The summed E-state index contributed by atoms with van der Waals surface area (Å²) < 4.78 is 0. The van der Waals surface area contributed by atoms with Crippen molar-refractivity contribution in [3.8, 4) is 0 Å². The number of carbonyl (C=O) groups is 1. The van der Waals surface area contributed by atoms with Gasteiger partial charge < -0.3 is 10.8 Å². The summed E-state index contributed by atoms with van der Waals surface area (Å²) >= 11 is 0. The predicted molar refractivity (Wildman–Crippen MR) is 50.4 cm³/mol. The van der Waals surface area contributed by atoms with Gasteiger partial charge in [-0.25, -0.2) is 0 Å². The molecule has 4 heteroatoms. The Kier molecular flexibility index (Phi) is 3.69. The number of nitrogens with two attached hydrogens (primary N) is 1. The predicted octanol–water partition coefficient (Wildman–Crippen LogP) is 0.130. The first-order valence-electron chi connectivity index (χ1n) is 4.82. The van der Waals surface area contributed by atoms with E-state index in [1.165, 1.54) is 6.42 Å². The van der Waals surface area contributed by atoms with Crippen molar-refractivity contribution in [2.45, 2.75) is 25.8 Å². The molecule has 0 spiro atoms. The number of nitrogens with zero attached hydrogens (tertiary/aromatic N) is 1. The van der Waals surface area contributed by atoms with Crippen LogP contribution in [0.2, 0.25) is 0 Å². The molecule has 0 aromatic carbocycles. The molecule has 0 radical (unpaired) electrons. The molecule has 4 nitrogen and oxygen atoms in total. The zero-order valence-electron chi connectivity index (χ0n) is 8.07. The van der Waals surface area contributed by atoms with Gasteiger partial charge in [0.25, 0.3) is 0 Å². The van der Waals surface area contributed by atoms with Crippen molar-refractivity contribution in [1.29, 1.82) is 0 Å². The van der Waals surface area contributed by atoms with Gasteiger partial charge in [-0.3, -0.25) is 9.69 Å². The molecule has 1 aliphatic heterocycles. The van der Waals surface area contributed by atoms with Crippen molar-refractivity contribution < 1.29 is 9.90 Å². The fourth-order valence-electron chi connectivity index (χ4n) is 1.91. The van der Waals surface area contributed by atoms with Crippen LogP contribution in [0.15, 0.2) is 0 Å². The maximum Gasteiger partial charge on any atom is 0.322 e. The highest BCUT2D eigenvalue weighted by Gasteiger charge is 2.27. The largest absolute Gasteiger partial charge is 0.480 e. The fraction of sp³-hybridized carbons (Fsp3) is 0.889. The Balaban J connectivity index is 2.52. The van der Waals surface area contributed by atoms with E-state index in [9.17, 15) is 4.79 Å². The highest BCUT2D eigenvalue weighted by molar-refractivity contribution is 5.73. The number of hydrogen-bond acceptors (Lipinski definition) is 3. The van der Waals surface area contributed by atoms with E-state index in [-0.39, 0.29) is 6.54 Å². The Hall–Kier alpha value is -0.610. The molecule has 0 aliphatic carbocycles. The first kappa shape index (κ1) is 10.5. The first-order valence-corrected chi connectivity index (χ1v) is 4.82. The SMILES string of the molecule is CC1CCCN(C(CN)C(=O)O)C1. The van der Waals surface area contributed by atoms with E-state index in [0.29, 0.717) is 5.92 Å². The summed E-state index contributed by atoms with van der Waals surface area (Å²) in [6.07, 6.45) is 2.29. The summed E-state index contributed by atoms with van der Waals surface area (Å²) in [5.41, 5.74) is 5.43. The maximum atomic E-state index is 10.8. The highest BCUT2D eigenvalue weighted by Crippen LogP contribution is 2.17. The zero-order chi connectivity index (χ0) is 9.84. The van der Waals surface area contributed by atoms with Crippen LogP contribution in [0.5, 0.6) is 0 Å². The second kappa shape index (κ2) is 4.58. The second-order valence-corrected chi connectivity index (χ2v) is 3.83. The number of piperidine rings is 1. The van der Waals surface area contributed by atoms with E-state index < -0.39 is 12.0 Å². The summed E-state index contributed by atoms with van der Waals surface area (Å²) in [6, 6.07) is -0.484. The molecule has 1 aliphatic rings. The molecule has 3 N–H and O–H groups in total. The molecule has 1 fully saturated rings. The second-order valence-electron chi connectivity index (χ2n) is 3.83. The van der Waals surface area contributed by atoms with Crippen LogP contribution >= 0.6 is 0 Å². The normalized spacial score (nSPS) is 27.1. The first-order chi connectivity index (χ1) is 6.15. The summed E-state index contributed by atoms with van der Waals surface area (Å²) in [7, 11) is 0. The van der Waals surface area contributed by atoms with Gasteiger partial charge in [0.05, 0.1) is 0 Å². The van der Waals surface area contributed by atoms with E-state index in [2.05, 4.69) is 6.92 Å². The number of rotatable bonds is 3. The monoisotopic (exact) mass is 186 g/mol. The van der Waals surface area contributed by atoms with Crippen molar-refractivity contribution in [3.05, 3.63) is 0 Å². The molecule has 1 heterocycles. The average molecular weight is 186 g/mol. The zero-order valence-corrected chi connectivity index (χ0v) is 8.07. The molecular formula is C9H18N2O2. The van der Waals surface area contributed by atoms with Gasteiger partial charge in [-0.05, 0) is 25.3 Å². The van der Waals surface area contributed by atoms with Crippen LogP contribution in [-0.2, 0) is 4.79 Å². The molecule has 1 saturated heterocycles. The van der Waals surface area contributed by atoms with Gasteiger partial charge in [0.2, 0.25) is 0 Å². The number of carboxylic acid groups (broad SMARTS) is 1. The summed E-state index contributed by atoms with van der Waals surface area (Å²) in [5.74, 6) is -0.196. The average Bonchev–Trinajstić information content (AvgIpc) is 2.04. The van der Waals surface area contributed by atoms with Crippen molar-refractivity contribution in [1.82, 2.24) is 4.90 Å². The Bertz CT molecular complexity index is 184. The van der Waals surface area contributed by atoms with Crippen molar-refractivity contribution in [2.24, 2.45) is 11.7 Å². The van der Waals surface area contributed by atoms with Gasteiger partial charge in [-0.1, -0.05) is 6.92 Å². The van der Waals surface area contributed by atoms with Gasteiger partial charge in [-0.2, -0.15) is 0 Å². The minimum absolute atomic E-state index is 0.210. The summed E-state index contributed by atoms with van der Waals surface area (Å²) in [4.78, 5) is 12.8. The number of aliphatic carboxylic acids is 1. The highest BCUT2D eigenvalue weighted by atomic mass is 16.4. The summed E-state index contributed by atoms with van der Waals surface area (Å²) in [6.45, 7) is 4.11. The van der Waals surface area contributed by atoms with Crippen LogP contribution in [0, 0.1) is 5.92 Å². The quantitative estimate of drug-likeness (QED) is 0.657. The summed E-state index contributed by atoms with van der Waals surface area (Å²) in [5, 5.41) is 8.89. The van der Waals surface area contributed by atoms with E-state index in [1.54, 1.807) is 0 Å². The molecule has 2 atom stereocenters. The Morgan fingerprint density at radius 1 is 1.77 bits per heavy atom. The fourth-order valence-corrected chi connectivity index (χ4v) is 1.91. The molecule has 76 valence electrons. The lowest BCUT2D eigenvalue weighted by molar-refractivity contribution is -0.143. The molecule has 0 saturated carbocycles. The van der Waals surface area contributed by atoms with Crippen molar-refractivity contribution >= 4 is 5.97 Å². The topological polar surface area (TPSA) is 66.6 Å². The van der Waals surface area contributed by atoms with E-state index in [1.807, 2.05) is 4.90 Å². The van der Waals surface area contributed by atoms with Crippen LogP contribution in [0.1, 0.15) is 19.8 Å². The number of likely N-dealkylation sites (tertiary alicyclic amines) is 1. The molecular weight excluding hydrogens is 168 g/mol. The van der Waals surface area contributed by atoms with E-state index >= 15 is 0 Å². The van der Waals surface area contributed by atoms with Gasteiger partial charge in [0.1, 0.15) is 6.04 Å². The Morgan fingerprint density at radius 3 is 2.92 bits per heavy atom. The lowest BCUT2D eigenvalue weighted by atomic mass is 9.99. The minimum atomic E-state index is -0.795. The Morgan fingerprint density at radius 2 is 2.46 bits per heavy atom. The molecule has 2 unspecified atom stereocenters. The molecule has 0 amide bonds. The molecule has 0 aromatic heterocycles. The third kappa shape index (κ3) is 2.67.